The normalized spacial score (nSPS) is 10.1. The molecule has 0 aliphatic heterocycles. The van der Waals surface area contributed by atoms with Crippen molar-refractivity contribution < 1.29 is 24.4 Å². The van der Waals surface area contributed by atoms with Crippen LogP contribution in [-0.2, 0) is 9.53 Å². The summed E-state index contributed by atoms with van der Waals surface area (Å²) in [6.07, 6.45) is 0. The van der Waals surface area contributed by atoms with Gasteiger partial charge in [0.1, 0.15) is 11.6 Å². The number of hydrogen-bond donors (Lipinski definition) is 2. The Hall–Kier alpha value is -2.19. The van der Waals surface area contributed by atoms with Crippen LogP contribution in [-0.4, -0.2) is 41.7 Å². The first-order valence-electron chi connectivity index (χ1n) is 5.44. The van der Waals surface area contributed by atoms with Gasteiger partial charge in [-0.3, -0.25) is 14.9 Å². The number of hydrogen-bond acceptors (Lipinski definition) is 5. The fourth-order valence-corrected chi connectivity index (χ4v) is 1.61. The molecule has 1 amide bonds. The van der Waals surface area contributed by atoms with Gasteiger partial charge in [0, 0.05) is 12.6 Å². The highest BCUT2D eigenvalue weighted by molar-refractivity contribution is 6.35. The highest BCUT2D eigenvalue weighted by atomic mass is 35.5. The van der Waals surface area contributed by atoms with E-state index in [1.807, 2.05) is 0 Å². The molecule has 0 fully saturated rings. The number of amides is 1. The molecule has 9 heteroatoms. The molecular weight excluding hydrogens is 292 g/mol. The van der Waals surface area contributed by atoms with E-state index in [4.69, 9.17) is 21.4 Å². The molecule has 1 rings (SSSR count). The number of nitro benzene ring substituents is 1. The number of nitrogens with zero attached hydrogens (tertiary/aromatic N) is 1. The van der Waals surface area contributed by atoms with Crippen molar-refractivity contribution in [2.75, 3.05) is 19.8 Å². The fraction of sp³-hybridized carbons (Fsp3) is 0.273. The highest BCUT2D eigenvalue weighted by Crippen LogP contribution is 2.27. The summed E-state index contributed by atoms with van der Waals surface area (Å²) >= 11 is 5.77. The summed E-state index contributed by atoms with van der Waals surface area (Å²) in [4.78, 5) is 31.9. The molecule has 20 heavy (non-hydrogen) atoms. The van der Waals surface area contributed by atoms with E-state index >= 15 is 0 Å². The fourth-order valence-electron chi connectivity index (χ4n) is 1.33. The van der Waals surface area contributed by atoms with Gasteiger partial charge in [0.25, 0.3) is 11.6 Å². The zero-order chi connectivity index (χ0) is 15.1. The van der Waals surface area contributed by atoms with Gasteiger partial charge in [-0.2, -0.15) is 0 Å². The molecule has 0 saturated carbocycles. The van der Waals surface area contributed by atoms with Crippen LogP contribution in [0.3, 0.4) is 0 Å². The second kappa shape index (κ2) is 7.41. The first-order valence-corrected chi connectivity index (χ1v) is 5.82. The van der Waals surface area contributed by atoms with Gasteiger partial charge >= 0.3 is 5.97 Å². The third-order valence-corrected chi connectivity index (χ3v) is 2.57. The molecule has 108 valence electrons. The Morgan fingerprint density at radius 3 is 2.75 bits per heavy atom. The van der Waals surface area contributed by atoms with Crippen molar-refractivity contribution in [1.82, 2.24) is 5.32 Å². The summed E-state index contributed by atoms with van der Waals surface area (Å²) in [5.74, 6) is -1.71. The van der Waals surface area contributed by atoms with Crippen molar-refractivity contribution in [3.63, 3.8) is 0 Å². The van der Waals surface area contributed by atoms with Gasteiger partial charge in [0.2, 0.25) is 0 Å². The Balaban J connectivity index is 2.58. The van der Waals surface area contributed by atoms with Gasteiger partial charge in [-0.05, 0) is 6.07 Å². The minimum absolute atomic E-state index is 0.00455. The van der Waals surface area contributed by atoms with Crippen LogP contribution in [0.2, 0.25) is 5.02 Å². The molecule has 0 bridgehead atoms. The number of aliphatic carboxylic acids is 1. The Labute approximate surface area is 118 Å². The molecular formula is C11H11ClN2O6. The third kappa shape index (κ3) is 4.48. The number of carbonyl (C=O) groups excluding carboxylic acids is 1. The lowest BCUT2D eigenvalue weighted by molar-refractivity contribution is -0.384. The first kappa shape index (κ1) is 15.9. The lowest BCUT2D eigenvalue weighted by Gasteiger charge is -2.06. The van der Waals surface area contributed by atoms with E-state index in [9.17, 15) is 19.7 Å². The molecule has 0 aromatic heterocycles. The molecule has 2 N–H and O–H groups in total. The van der Waals surface area contributed by atoms with Crippen LogP contribution in [0.1, 0.15) is 10.4 Å². The van der Waals surface area contributed by atoms with Gasteiger partial charge < -0.3 is 15.2 Å². The average Bonchev–Trinajstić information content (AvgIpc) is 2.37. The molecule has 0 heterocycles. The van der Waals surface area contributed by atoms with E-state index < -0.39 is 23.4 Å². The monoisotopic (exact) mass is 302 g/mol. The maximum absolute atomic E-state index is 11.7. The molecule has 0 aliphatic rings. The largest absolute Gasteiger partial charge is 0.480 e. The second-order valence-corrected chi connectivity index (χ2v) is 3.98. The number of nitrogens with one attached hydrogen (secondary N) is 1. The zero-order valence-corrected chi connectivity index (χ0v) is 10.9. The minimum Gasteiger partial charge on any atom is -0.480 e. The first-order chi connectivity index (χ1) is 9.43. The van der Waals surface area contributed by atoms with Crippen LogP contribution in [0.4, 0.5) is 5.69 Å². The van der Waals surface area contributed by atoms with Crippen LogP contribution in [0.15, 0.2) is 18.2 Å². The highest BCUT2D eigenvalue weighted by Gasteiger charge is 2.19. The minimum atomic E-state index is -1.11. The number of nitro groups is 1. The maximum Gasteiger partial charge on any atom is 0.329 e. The molecule has 0 atom stereocenters. The van der Waals surface area contributed by atoms with E-state index in [0.29, 0.717) is 0 Å². The molecule has 8 nitrogen and oxygen atoms in total. The van der Waals surface area contributed by atoms with Gasteiger partial charge in [0.15, 0.2) is 0 Å². The molecule has 1 aromatic rings. The Morgan fingerprint density at radius 1 is 1.45 bits per heavy atom. The number of halogens is 1. The van der Waals surface area contributed by atoms with Crippen LogP contribution >= 0.6 is 11.6 Å². The molecule has 1 aromatic carbocycles. The predicted octanol–water partition coefficient (Wildman–Crippen LogP) is 1.08. The van der Waals surface area contributed by atoms with Gasteiger partial charge in [-0.25, -0.2) is 4.79 Å². The van der Waals surface area contributed by atoms with E-state index in [1.165, 1.54) is 18.2 Å². The van der Waals surface area contributed by atoms with Crippen molar-refractivity contribution in [2.24, 2.45) is 0 Å². The topological polar surface area (TPSA) is 119 Å². The van der Waals surface area contributed by atoms with E-state index in [0.717, 1.165) is 0 Å². The number of carbonyl (C=O) groups is 2. The lowest BCUT2D eigenvalue weighted by atomic mass is 10.2. The second-order valence-electron chi connectivity index (χ2n) is 3.60. The van der Waals surface area contributed by atoms with E-state index in [-0.39, 0.29) is 29.4 Å². The van der Waals surface area contributed by atoms with Crippen molar-refractivity contribution in [2.45, 2.75) is 0 Å². The Bertz CT molecular complexity index is 534. The quantitative estimate of drug-likeness (QED) is 0.442. The Morgan fingerprint density at radius 2 is 2.15 bits per heavy atom. The van der Waals surface area contributed by atoms with Crippen molar-refractivity contribution in [3.05, 3.63) is 38.9 Å². The number of ether oxygens (including phenoxy) is 1. The van der Waals surface area contributed by atoms with Crippen molar-refractivity contribution in [3.8, 4) is 0 Å². The van der Waals surface area contributed by atoms with Crippen molar-refractivity contribution in [1.29, 1.82) is 0 Å². The summed E-state index contributed by atoms with van der Waals surface area (Å²) < 4.78 is 4.72. The smallest absolute Gasteiger partial charge is 0.329 e. The number of carboxylic acid groups (broad SMARTS) is 1. The molecule has 0 unspecified atom stereocenters. The number of benzene rings is 1. The number of carboxylic acids is 1. The zero-order valence-electron chi connectivity index (χ0n) is 10.2. The maximum atomic E-state index is 11.7. The summed E-state index contributed by atoms with van der Waals surface area (Å²) in [7, 11) is 0. The Kier molecular flexibility index (Phi) is 5.88. The molecule has 0 saturated heterocycles. The number of rotatable bonds is 7. The average molecular weight is 303 g/mol. The summed E-state index contributed by atoms with van der Waals surface area (Å²) in [6.45, 7) is -0.400. The summed E-state index contributed by atoms with van der Waals surface area (Å²) in [6, 6.07) is 3.89. The van der Waals surface area contributed by atoms with Crippen LogP contribution in [0.25, 0.3) is 0 Å². The molecule has 0 radical (unpaired) electrons. The van der Waals surface area contributed by atoms with Crippen LogP contribution in [0.5, 0.6) is 0 Å². The van der Waals surface area contributed by atoms with Gasteiger partial charge in [0.05, 0.1) is 17.1 Å². The van der Waals surface area contributed by atoms with E-state index in [1.54, 1.807) is 0 Å². The lowest BCUT2D eigenvalue weighted by Crippen LogP contribution is -2.28. The molecule has 0 spiro atoms. The molecule has 0 aliphatic carbocycles. The van der Waals surface area contributed by atoms with Gasteiger partial charge in [-0.1, -0.05) is 17.7 Å². The van der Waals surface area contributed by atoms with Crippen LogP contribution in [0, 0.1) is 10.1 Å². The third-order valence-electron chi connectivity index (χ3n) is 2.18. The standard InChI is InChI=1S/C11H11ClN2O6/c12-10-7(2-1-3-8(10)14(18)19)11(17)13-4-5-20-6-9(15)16/h1-3H,4-6H2,(H,13,17)(H,15,16). The van der Waals surface area contributed by atoms with Crippen molar-refractivity contribution >= 4 is 29.2 Å². The predicted molar refractivity (Wildman–Crippen MR) is 68.9 cm³/mol. The SMILES string of the molecule is O=C(O)COCCNC(=O)c1cccc([N+](=O)[O-])c1Cl. The van der Waals surface area contributed by atoms with E-state index in [2.05, 4.69) is 5.32 Å². The van der Waals surface area contributed by atoms with Gasteiger partial charge in [-0.15, -0.1) is 0 Å². The summed E-state index contributed by atoms with van der Waals surface area (Å²) in [5, 5.41) is 21.2. The summed E-state index contributed by atoms with van der Waals surface area (Å²) in [5.41, 5.74) is -0.388. The van der Waals surface area contributed by atoms with Crippen LogP contribution < -0.4 is 5.32 Å².